The Balaban J connectivity index is 2.22. The molecule has 0 radical (unpaired) electrons. The van der Waals surface area contributed by atoms with Gasteiger partial charge in [0.15, 0.2) is 5.15 Å². The minimum Gasteiger partial charge on any atom is -0.376 e. The summed E-state index contributed by atoms with van der Waals surface area (Å²) >= 11 is 9.36. The molecule has 2 nitrogen and oxygen atoms in total. The fraction of sp³-hybridized carbons (Fsp3) is 0.214. The molecule has 0 aliphatic heterocycles. The van der Waals surface area contributed by atoms with Crippen molar-refractivity contribution in [1.29, 1.82) is 0 Å². The van der Waals surface area contributed by atoms with Crippen LogP contribution >= 0.6 is 27.5 Å². The number of halogens is 3. The van der Waals surface area contributed by atoms with E-state index in [1.54, 1.807) is 19.2 Å². The first-order valence-electron chi connectivity index (χ1n) is 5.81. The maximum absolute atomic E-state index is 13.5. The van der Waals surface area contributed by atoms with Crippen molar-refractivity contribution >= 4 is 33.2 Å². The van der Waals surface area contributed by atoms with E-state index >= 15 is 0 Å². The van der Waals surface area contributed by atoms with Crippen molar-refractivity contribution in [3.05, 3.63) is 57.0 Å². The number of aryl methyl sites for hydroxylation is 1. The quantitative estimate of drug-likeness (QED) is 0.783. The molecule has 1 heterocycles. The molecule has 0 aliphatic carbocycles. The molecule has 1 N–H and O–H groups in total. The predicted molar refractivity (Wildman–Crippen MR) is 80.1 cm³/mol. The van der Waals surface area contributed by atoms with Gasteiger partial charge < -0.3 is 5.32 Å². The first-order valence-corrected chi connectivity index (χ1v) is 6.98. The fourth-order valence-corrected chi connectivity index (χ4v) is 2.21. The second-order valence-corrected chi connectivity index (χ2v) is 5.64. The number of pyridine rings is 1. The SMILES string of the molecule is Cc1ccc(C(C)Nc2cc(Br)cnc2Cl)cc1F. The molecule has 0 amide bonds. The molecule has 0 saturated carbocycles. The topological polar surface area (TPSA) is 24.9 Å². The summed E-state index contributed by atoms with van der Waals surface area (Å²) in [6.07, 6.45) is 1.63. The highest BCUT2D eigenvalue weighted by Crippen LogP contribution is 2.27. The molecular weight excluding hydrogens is 331 g/mol. The molecule has 2 aromatic rings. The molecule has 2 rings (SSSR count). The van der Waals surface area contributed by atoms with E-state index in [-0.39, 0.29) is 11.9 Å². The Morgan fingerprint density at radius 3 is 2.79 bits per heavy atom. The van der Waals surface area contributed by atoms with Crippen LogP contribution in [0, 0.1) is 12.7 Å². The zero-order valence-corrected chi connectivity index (χ0v) is 12.9. The van der Waals surface area contributed by atoms with Gasteiger partial charge in [0, 0.05) is 16.7 Å². The van der Waals surface area contributed by atoms with E-state index in [0.717, 1.165) is 10.0 Å². The molecule has 0 saturated heterocycles. The molecule has 0 bridgehead atoms. The molecule has 1 unspecified atom stereocenters. The first-order chi connectivity index (χ1) is 8.97. The van der Waals surface area contributed by atoms with Crippen molar-refractivity contribution in [3.8, 4) is 0 Å². The largest absolute Gasteiger partial charge is 0.376 e. The van der Waals surface area contributed by atoms with Crippen LogP contribution in [0.5, 0.6) is 0 Å². The van der Waals surface area contributed by atoms with Crippen molar-refractivity contribution in [2.24, 2.45) is 0 Å². The lowest BCUT2D eigenvalue weighted by Crippen LogP contribution is -2.08. The van der Waals surface area contributed by atoms with Gasteiger partial charge in [-0.15, -0.1) is 0 Å². The first kappa shape index (κ1) is 14.3. The number of anilines is 1. The van der Waals surface area contributed by atoms with Crippen molar-refractivity contribution in [2.75, 3.05) is 5.32 Å². The van der Waals surface area contributed by atoms with E-state index in [1.807, 2.05) is 19.1 Å². The van der Waals surface area contributed by atoms with Crippen molar-refractivity contribution < 1.29 is 4.39 Å². The molecule has 100 valence electrons. The summed E-state index contributed by atoms with van der Waals surface area (Å²) < 4.78 is 14.4. The Kier molecular flexibility index (Phi) is 4.42. The van der Waals surface area contributed by atoms with Gasteiger partial charge in [0.1, 0.15) is 5.82 Å². The van der Waals surface area contributed by atoms with Crippen molar-refractivity contribution in [2.45, 2.75) is 19.9 Å². The molecule has 1 aromatic heterocycles. The highest BCUT2D eigenvalue weighted by molar-refractivity contribution is 9.10. The Labute approximate surface area is 125 Å². The van der Waals surface area contributed by atoms with Crippen LogP contribution in [-0.2, 0) is 0 Å². The van der Waals surface area contributed by atoms with Crippen molar-refractivity contribution in [1.82, 2.24) is 4.98 Å². The summed E-state index contributed by atoms with van der Waals surface area (Å²) in [4.78, 5) is 4.04. The third kappa shape index (κ3) is 3.45. The summed E-state index contributed by atoms with van der Waals surface area (Å²) in [5.41, 5.74) is 2.21. The lowest BCUT2D eigenvalue weighted by Gasteiger charge is -2.17. The summed E-state index contributed by atoms with van der Waals surface area (Å²) in [6.45, 7) is 3.69. The molecular formula is C14H13BrClFN2. The predicted octanol–water partition coefficient (Wildman–Crippen LogP) is 5.12. The van der Waals surface area contributed by atoms with E-state index in [4.69, 9.17) is 11.6 Å². The number of hydrogen-bond acceptors (Lipinski definition) is 2. The van der Waals surface area contributed by atoms with E-state index in [0.29, 0.717) is 16.4 Å². The van der Waals surface area contributed by atoms with Crippen LogP contribution < -0.4 is 5.32 Å². The molecule has 0 fully saturated rings. The Bertz CT molecular complexity index is 604. The Morgan fingerprint density at radius 2 is 2.11 bits per heavy atom. The summed E-state index contributed by atoms with van der Waals surface area (Å²) in [6, 6.07) is 6.98. The van der Waals surface area contributed by atoms with Gasteiger partial charge in [-0.1, -0.05) is 23.7 Å². The van der Waals surface area contributed by atoms with Crippen LogP contribution in [0.15, 0.2) is 34.9 Å². The van der Waals surface area contributed by atoms with Crippen LogP contribution in [-0.4, -0.2) is 4.98 Å². The van der Waals surface area contributed by atoms with E-state index < -0.39 is 0 Å². The third-order valence-corrected chi connectivity index (χ3v) is 3.61. The molecule has 19 heavy (non-hydrogen) atoms. The molecule has 0 spiro atoms. The van der Waals surface area contributed by atoms with Gasteiger partial charge in [-0.05, 0) is 53.0 Å². The second kappa shape index (κ2) is 5.88. The summed E-state index contributed by atoms with van der Waals surface area (Å²) in [5.74, 6) is -0.204. The van der Waals surface area contributed by atoms with Gasteiger partial charge in [0.2, 0.25) is 0 Å². The Morgan fingerprint density at radius 1 is 1.37 bits per heavy atom. The lowest BCUT2D eigenvalue weighted by atomic mass is 10.1. The van der Waals surface area contributed by atoms with Gasteiger partial charge in [0.05, 0.1) is 5.69 Å². The van der Waals surface area contributed by atoms with Gasteiger partial charge in [-0.25, -0.2) is 9.37 Å². The van der Waals surface area contributed by atoms with Crippen LogP contribution in [0.25, 0.3) is 0 Å². The van der Waals surface area contributed by atoms with Gasteiger partial charge >= 0.3 is 0 Å². The number of benzene rings is 1. The van der Waals surface area contributed by atoms with Crippen LogP contribution in [0.4, 0.5) is 10.1 Å². The van der Waals surface area contributed by atoms with Crippen molar-refractivity contribution in [3.63, 3.8) is 0 Å². The second-order valence-electron chi connectivity index (χ2n) is 4.37. The number of nitrogens with one attached hydrogen (secondary N) is 1. The normalized spacial score (nSPS) is 12.3. The maximum Gasteiger partial charge on any atom is 0.152 e. The third-order valence-electron chi connectivity index (χ3n) is 2.87. The summed E-state index contributed by atoms with van der Waals surface area (Å²) in [7, 11) is 0. The van der Waals surface area contributed by atoms with Gasteiger partial charge in [-0.3, -0.25) is 0 Å². The number of nitrogens with zero attached hydrogens (tertiary/aromatic N) is 1. The zero-order valence-electron chi connectivity index (χ0n) is 10.5. The molecule has 1 aromatic carbocycles. The summed E-state index contributed by atoms with van der Waals surface area (Å²) in [5, 5.41) is 3.61. The molecule has 5 heteroatoms. The minimum atomic E-state index is -0.204. The maximum atomic E-state index is 13.5. The number of aromatic nitrogens is 1. The molecule has 1 atom stereocenters. The van der Waals surface area contributed by atoms with Crippen LogP contribution in [0.2, 0.25) is 5.15 Å². The van der Waals surface area contributed by atoms with Gasteiger partial charge in [0.25, 0.3) is 0 Å². The zero-order chi connectivity index (χ0) is 14.0. The number of rotatable bonds is 3. The van der Waals surface area contributed by atoms with E-state index in [9.17, 15) is 4.39 Å². The fourth-order valence-electron chi connectivity index (χ4n) is 1.72. The standard InChI is InChI=1S/C14H13BrClFN2/c1-8-3-4-10(5-12(8)17)9(2)19-13-6-11(15)7-18-14(13)16/h3-7,9,19H,1-2H3. The average molecular weight is 344 g/mol. The number of hydrogen-bond donors (Lipinski definition) is 1. The highest BCUT2D eigenvalue weighted by atomic mass is 79.9. The van der Waals surface area contributed by atoms with Crippen LogP contribution in [0.1, 0.15) is 24.1 Å². The lowest BCUT2D eigenvalue weighted by molar-refractivity contribution is 0.614. The average Bonchev–Trinajstić information content (AvgIpc) is 2.37. The Hall–Kier alpha value is -1.13. The van der Waals surface area contributed by atoms with E-state index in [1.165, 1.54) is 6.07 Å². The highest BCUT2D eigenvalue weighted by Gasteiger charge is 2.10. The monoisotopic (exact) mass is 342 g/mol. The van der Waals surface area contributed by atoms with Gasteiger partial charge in [-0.2, -0.15) is 0 Å². The molecule has 0 aliphatic rings. The van der Waals surface area contributed by atoms with Crippen LogP contribution in [0.3, 0.4) is 0 Å². The smallest absolute Gasteiger partial charge is 0.152 e. The van der Waals surface area contributed by atoms with E-state index in [2.05, 4.69) is 26.2 Å². The minimum absolute atomic E-state index is 0.0660.